The maximum Gasteiger partial charge on any atom is 0.227 e. The highest BCUT2D eigenvalue weighted by molar-refractivity contribution is 7.91. The van der Waals surface area contributed by atoms with Crippen LogP contribution in [0.4, 0.5) is 5.13 Å². The Bertz CT molecular complexity index is 1310. The number of carbonyl (C=O) groups is 1. The van der Waals surface area contributed by atoms with Crippen LogP contribution in [0.25, 0.3) is 20.4 Å². The molecule has 7 nitrogen and oxygen atoms in total. The van der Waals surface area contributed by atoms with Crippen molar-refractivity contribution in [3.8, 4) is 5.75 Å². The van der Waals surface area contributed by atoms with Gasteiger partial charge < -0.3 is 10.1 Å². The molecular formula is C19H17N3O4S3. The van der Waals surface area contributed by atoms with Crippen LogP contribution in [0.15, 0.2) is 41.3 Å². The summed E-state index contributed by atoms with van der Waals surface area (Å²) in [6.07, 6.45) is -0.157. The Labute approximate surface area is 175 Å². The summed E-state index contributed by atoms with van der Waals surface area (Å²) in [5, 5.41) is 4.11. The molecule has 0 atom stereocenters. The van der Waals surface area contributed by atoms with E-state index in [4.69, 9.17) is 4.74 Å². The number of benzene rings is 2. The molecule has 0 aliphatic heterocycles. The maximum absolute atomic E-state index is 12.4. The lowest BCUT2D eigenvalue weighted by molar-refractivity contribution is -0.115. The third-order valence-corrected chi connectivity index (χ3v) is 7.95. The number of fused-ring (bicyclic) bond motifs is 3. The van der Waals surface area contributed by atoms with E-state index in [0.717, 1.165) is 25.4 Å². The molecule has 0 aliphatic rings. The van der Waals surface area contributed by atoms with Crippen molar-refractivity contribution in [2.45, 2.75) is 18.2 Å². The summed E-state index contributed by atoms with van der Waals surface area (Å²) >= 11 is 2.95. The van der Waals surface area contributed by atoms with E-state index in [-0.39, 0.29) is 17.1 Å². The first-order chi connectivity index (χ1) is 13.9. The number of nitrogens with zero attached hydrogens (tertiary/aromatic N) is 2. The number of hydrogen-bond acceptors (Lipinski definition) is 8. The average molecular weight is 448 g/mol. The second kappa shape index (κ2) is 7.69. The summed E-state index contributed by atoms with van der Waals surface area (Å²) < 4.78 is 31.9. The van der Waals surface area contributed by atoms with Crippen LogP contribution < -0.4 is 10.1 Å². The fourth-order valence-electron chi connectivity index (χ4n) is 2.85. The number of hydrogen-bond donors (Lipinski definition) is 1. The van der Waals surface area contributed by atoms with E-state index in [9.17, 15) is 13.2 Å². The van der Waals surface area contributed by atoms with Gasteiger partial charge in [-0.1, -0.05) is 11.3 Å². The number of methoxy groups -OCH3 is 1. The standard InChI is InChI=1S/C19H17N3O4S3/c1-11-20-17-15(27-11)8-7-14-18(17)28-19(21-14)22-16(23)9-10-29(24,25)13-5-3-12(26-2)4-6-13/h3-8H,9-10H2,1-2H3,(H,21,22,23). The molecule has 0 spiro atoms. The third-order valence-electron chi connectivity index (χ3n) is 4.28. The number of rotatable bonds is 6. The zero-order valence-electron chi connectivity index (χ0n) is 15.6. The second-order valence-electron chi connectivity index (χ2n) is 6.31. The highest BCUT2D eigenvalue weighted by Gasteiger charge is 2.18. The van der Waals surface area contributed by atoms with Crippen molar-refractivity contribution in [1.82, 2.24) is 9.97 Å². The zero-order valence-corrected chi connectivity index (χ0v) is 18.1. The zero-order chi connectivity index (χ0) is 20.6. The molecule has 29 heavy (non-hydrogen) atoms. The van der Waals surface area contributed by atoms with E-state index in [2.05, 4.69) is 15.3 Å². The molecule has 0 bridgehead atoms. The van der Waals surface area contributed by atoms with Gasteiger partial charge in [0.1, 0.15) is 11.3 Å². The van der Waals surface area contributed by atoms with Crippen LogP contribution in [0.5, 0.6) is 5.75 Å². The van der Waals surface area contributed by atoms with Crippen molar-refractivity contribution >= 4 is 64.0 Å². The summed E-state index contributed by atoms with van der Waals surface area (Å²) in [6, 6.07) is 9.97. The van der Waals surface area contributed by atoms with Gasteiger partial charge in [0.05, 0.1) is 37.7 Å². The number of amides is 1. The van der Waals surface area contributed by atoms with Gasteiger partial charge in [0, 0.05) is 6.42 Å². The van der Waals surface area contributed by atoms with Gasteiger partial charge >= 0.3 is 0 Å². The molecule has 4 aromatic rings. The van der Waals surface area contributed by atoms with Crippen LogP contribution in [0.1, 0.15) is 11.4 Å². The molecular weight excluding hydrogens is 430 g/mol. The van der Waals surface area contributed by atoms with E-state index < -0.39 is 15.7 Å². The van der Waals surface area contributed by atoms with Crippen molar-refractivity contribution < 1.29 is 17.9 Å². The van der Waals surface area contributed by atoms with Gasteiger partial charge in [-0.15, -0.1) is 11.3 Å². The Morgan fingerprint density at radius 1 is 1.10 bits per heavy atom. The summed E-state index contributed by atoms with van der Waals surface area (Å²) in [7, 11) is -2.05. The normalized spacial score (nSPS) is 11.8. The summed E-state index contributed by atoms with van der Waals surface area (Å²) in [4.78, 5) is 21.4. The van der Waals surface area contributed by atoms with E-state index in [0.29, 0.717) is 10.9 Å². The lowest BCUT2D eigenvalue weighted by Crippen LogP contribution is -2.17. The Hall–Kier alpha value is -2.56. The van der Waals surface area contributed by atoms with Crippen molar-refractivity contribution in [2.75, 3.05) is 18.2 Å². The van der Waals surface area contributed by atoms with Crippen LogP contribution in [0.2, 0.25) is 0 Å². The largest absolute Gasteiger partial charge is 0.497 e. The molecule has 0 saturated carbocycles. The SMILES string of the molecule is COc1ccc(S(=O)(=O)CCC(=O)Nc2nc3ccc4sc(C)nc4c3s2)cc1. The number of nitrogens with one attached hydrogen (secondary N) is 1. The summed E-state index contributed by atoms with van der Waals surface area (Å²) in [6.45, 7) is 1.95. The topological polar surface area (TPSA) is 98.2 Å². The Morgan fingerprint density at radius 2 is 1.86 bits per heavy atom. The van der Waals surface area contributed by atoms with Gasteiger partial charge in [0.25, 0.3) is 0 Å². The molecule has 0 fully saturated rings. The highest BCUT2D eigenvalue weighted by atomic mass is 32.2. The molecule has 1 amide bonds. The van der Waals surface area contributed by atoms with Crippen LogP contribution >= 0.6 is 22.7 Å². The summed E-state index contributed by atoms with van der Waals surface area (Å²) in [5.74, 6) is -0.111. The van der Waals surface area contributed by atoms with Crippen molar-refractivity contribution in [3.05, 3.63) is 41.4 Å². The average Bonchev–Trinajstić information content (AvgIpc) is 3.28. The van der Waals surface area contributed by atoms with E-state index >= 15 is 0 Å². The molecule has 1 N–H and O–H groups in total. The molecule has 0 saturated heterocycles. The van der Waals surface area contributed by atoms with E-state index in [1.165, 1.54) is 30.6 Å². The van der Waals surface area contributed by atoms with Gasteiger partial charge in [-0.05, 0) is 43.3 Å². The smallest absolute Gasteiger partial charge is 0.227 e. The van der Waals surface area contributed by atoms with E-state index in [1.54, 1.807) is 23.5 Å². The molecule has 0 unspecified atom stereocenters. The first-order valence-corrected chi connectivity index (χ1v) is 12.0. The van der Waals surface area contributed by atoms with Gasteiger partial charge in [0.2, 0.25) is 5.91 Å². The van der Waals surface area contributed by atoms with Gasteiger partial charge in [0.15, 0.2) is 15.0 Å². The van der Waals surface area contributed by atoms with Crippen molar-refractivity contribution in [3.63, 3.8) is 0 Å². The predicted octanol–water partition coefficient (Wildman–Crippen LogP) is 4.03. The second-order valence-corrected chi connectivity index (χ2v) is 10.6. The number of anilines is 1. The fraction of sp³-hybridized carbons (Fsp3) is 0.211. The Morgan fingerprint density at radius 3 is 2.59 bits per heavy atom. The molecule has 2 aromatic heterocycles. The van der Waals surface area contributed by atoms with Crippen molar-refractivity contribution in [2.24, 2.45) is 0 Å². The summed E-state index contributed by atoms with van der Waals surface area (Å²) in [5.41, 5.74) is 1.64. The number of ether oxygens (including phenoxy) is 1. The first-order valence-electron chi connectivity index (χ1n) is 8.69. The van der Waals surface area contributed by atoms with Crippen LogP contribution in [0.3, 0.4) is 0 Å². The van der Waals surface area contributed by atoms with Gasteiger partial charge in [-0.2, -0.15) is 0 Å². The van der Waals surface area contributed by atoms with Gasteiger partial charge in [-0.3, -0.25) is 4.79 Å². The minimum atomic E-state index is -3.57. The monoisotopic (exact) mass is 447 g/mol. The van der Waals surface area contributed by atoms with Crippen LogP contribution in [-0.4, -0.2) is 37.2 Å². The van der Waals surface area contributed by atoms with E-state index in [1.807, 2.05) is 19.1 Å². The Balaban J connectivity index is 1.46. The molecule has 2 aromatic carbocycles. The van der Waals surface area contributed by atoms with Crippen LogP contribution in [-0.2, 0) is 14.6 Å². The predicted molar refractivity (Wildman–Crippen MR) is 116 cm³/mol. The lowest BCUT2D eigenvalue weighted by Gasteiger charge is -2.06. The molecule has 0 aliphatic carbocycles. The fourth-order valence-corrected chi connectivity index (χ4v) is 5.96. The number of carbonyl (C=O) groups excluding carboxylic acids is 1. The molecule has 150 valence electrons. The van der Waals surface area contributed by atoms with Crippen LogP contribution in [0, 0.1) is 6.92 Å². The molecule has 4 rings (SSSR count). The quantitative estimate of drug-likeness (QED) is 0.479. The van der Waals surface area contributed by atoms with Crippen molar-refractivity contribution in [1.29, 1.82) is 0 Å². The maximum atomic E-state index is 12.4. The minimum Gasteiger partial charge on any atom is -0.497 e. The number of aryl methyl sites for hydroxylation is 1. The minimum absolute atomic E-state index is 0.157. The van der Waals surface area contributed by atoms with Gasteiger partial charge in [-0.25, -0.2) is 18.4 Å². The Kier molecular flexibility index (Phi) is 5.24. The lowest BCUT2D eigenvalue weighted by atomic mass is 10.3. The third kappa shape index (κ3) is 4.09. The molecule has 10 heteroatoms. The number of aromatic nitrogens is 2. The first kappa shape index (κ1) is 19.7. The number of thiazole rings is 2. The molecule has 0 radical (unpaired) electrons. The highest BCUT2D eigenvalue weighted by Crippen LogP contribution is 2.34. The molecule has 2 heterocycles. The number of sulfone groups is 1.